The number of nitrogens with zero attached hydrogens (tertiary/aromatic N) is 2. The Morgan fingerprint density at radius 1 is 1.32 bits per heavy atom. The second kappa shape index (κ2) is 5.80. The molecule has 2 amide bonds. The lowest BCUT2D eigenvalue weighted by molar-refractivity contribution is -0.145. The Morgan fingerprint density at radius 2 is 1.89 bits per heavy atom. The summed E-state index contributed by atoms with van der Waals surface area (Å²) in [6.45, 7) is 5.68. The third-order valence-electron chi connectivity index (χ3n) is 4.63. The number of carbonyl (C=O) groups excluding carboxylic acids is 1. The van der Waals surface area contributed by atoms with E-state index in [-0.39, 0.29) is 17.9 Å². The van der Waals surface area contributed by atoms with Gasteiger partial charge in [0.05, 0.1) is 5.92 Å². The highest BCUT2D eigenvalue weighted by atomic mass is 16.4. The monoisotopic (exact) mass is 268 g/mol. The van der Waals surface area contributed by atoms with Crippen molar-refractivity contribution in [3.8, 4) is 0 Å². The Labute approximate surface area is 114 Å². The van der Waals surface area contributed by atoms with Crippen LogP contribution in [0.15, 0.2) is 0 Å². The minimum atomic E-state index is -0.764. The molecular formula is C14H24N2O3. The number of carboxylic acids is 1. The molecule has 108 valence electrons. The van der Waals surface area contributed by atoms with E-state index in [2.05, 4.69) is 0 Å². The third-order valence-corrected chi connectivity index (χ3v) is 4.63. The number of rotatable bonds is 4. The summed E-state index contributed by atoms with van der Waals surface area (Å²) < 4.78 is 0. The van der Waals surface area contributed by atoms with Crippen molar-refractivity contribution in [1.82, 2.24) is 9.80 Å². The summed E-state index contributed by atoms with van der Waals surface area (Å²) in [5, 5.41) is 8.96. The van der Waals surface area contributed by atoms with E-state index in [4.69, 9.17) is 5.11 Å². The van der Waals surface area contributed by atoms with Gasteiger partial charge in [0.1, 0.15) is 0 Å². The van der Waals surface area contributed by atoms with Crippen LogP contribution in [0.3, 0.4) is 0 Å². The topological polar surface area (TPSA) is 60.9 Å². The molecule has 1 N–H and O–H groups in total. The molecular weight excluding hydrogens is 244 g/mol. The zero-order valence-electron chi connectivity index (χ0n) is 11.8. The molecule has 1 saturated carbocycles. The van der Waals surface area contributed by atoms with Gasteiger partial charge in [0.25, 0.3) is 0 Å². The Morgan fingerprint density at radius 3 is 2.37 bits per heavy atom. The minimum absolute atomic E-state index is 0.100. The fourth-order valence-electron chi connectivity index (χ4n) is 3.13. The first-order valence-corrected chi connectivity index (χ1v) is 7.33. The van der Waals surface area contributed by atoms with E-state index < -0.39 is 5.97 Å². The zero-order chi connectivity index (χ0) is 14.0. The van der Waals surface area contributed by atoms with Crippen LogP contribution in [0.2, 0.25) is 0 Å². The van der Waals surface area contributed by atoms with E-state index in [0.29, 0.717) is 19.1 Å². The van der Waals surface area contributed by atoms with Gasteiger partial charge in [0, 0.05) is 31.6 Å². The number of urea groups is 1. The predicted octanol–water partition coefficient (Wildman–Crippen LogP) is 2.02. The van der Waals surface area contributed by atoms with Crippen LogP contribution in [0, 0.1) is 11.8 Å². The third kappa shape index (κ3) is 2.85. The fourth-order valence-corrected chi connectivity index (χ4v) is 3.13. The highest BCUT2D eigenvalue weighted by Crippen LogP contribution is 2.28. The highest BCUT2D eigenvalue weighted by Gasteiger charge is 2.39. The van der Waals surface area contributed by atoms with Crippen LogP contribution in [0.4, 0.5) is 4.79 Å². The van der Waals surface area contributed by atoms with Gasteiger partial charge >= 0.3 is 12.0 Å². The number of likely N-dealkylation sites (tertiary alicyclic amines) is 1. The second-order valence-corrected chi connectivity index (χ2v) is 5.80. The molecule has 1 saturated heterocycles. The van der Waals surface area contributed by atoms with Crippen LogP contribution < -0.4 is 0 Å². The van der Waals surface area contributed by atoms with Crippen LogP contribution >= 0.6 is 0 Å². The molecule has 0 radical (unpaired) electrons. The first-order chi connectivity index (χ1) is 9.04. The summed E-state index contributed by atoms with van der Waals surface area (Å²) in [7, 11) is 0. The van der Waals surface area contributed by atoms with Crippen molar-refractivity contribution >= 4 is 12.0 Å². The second-order valence-electron chi connectivity index (χ2n) is 5.80. The standard InChI is InChI=1S/C14H24N2O3/c1-3-16(12-6-4-5-7-12)14(19)15-8-11(9-15)10(2)13(17)18/h10-12H,3-9H2,1-2H3,(H,17,18). The lowest BCUT2D eigenvalue weighted by Crippen LogP contribution is -2.58. The van der Waals surface area contributed by atoms with Crippen molar-refractivity contribution < 1.29 is 14.7 Å². The molecule has 0 aromatic heterocycles. The van der Waals surface area contributed by atoms with Gasteiger partial charge in [-0.15, -0.1) is 0 Å². The van der Waals surface area contributed by atoms with Crippen LogP contribution in [0.1, 0.15) is 39.5 Å². The van der Waals surface area contributed by atoms with Crippen LogP contribution in [0.25, 0.3) is 0 Å². The average Bonchev–Trinajstić information content (AvgIpc) is 2.81. The number of amides is 2. The molecule has 19 heavy (non-hydrogen) atoms. The Balaban J connectivity index is 1.86. The van der Waals surface area contributed by atoms with Gasteiger partial charge in [-0.25, -0.2) is 4.79 Å². The SMILES string of the molecule is CCN(C(=O)N1CC(C(C)C(=O)O)C1)C1CCCC1. The molecule has 2 fully saturated rings. The zero-order valence-corrected chi connectivity index (χ0v) is 11.8. The summed E-state index contributed by atoms with van der Waals surface area (Å²) in [6.07, 6.45) is 4.66. The smallest absolute Gasteiger partial charge is 0.320 e. The predicted molar refractivity (Wildman–Crippen MR) is 71.9 cm³/mol. The molecule has 0 bridgehead atoms. The van der Waals surface area contributed by atoms with E-state index in [1.807, 2.05) is 11.8 Å². The maximum atomic E-state index is 12.4. The number of hydrogen-bond acceptors (Lipinski definition) is 2. The largest absolute Gasteiger partial charge is 0.481 e. The van der Waals surface area contributed by atoms with E-state index in [1.54, 1.807) is 11.8 Å². The maximum absolute atomic E-state index is 12.4. The normalized spacial score (nSPS) is 22.1. The molecule has 1 heterocycles. The molecule has 5 nitrogen and oxygen atoms in total. The number of hydrogen-bond donors (Lipinski definition) is 1. The lowest BCUT2D eigenvalue weighted by Gasteiger charge is -2.44. The van der Waals surface area contributed by atoms with Gasteiger partial charge in [0.15, 0.2) is 0 Å². The van der Waals surface area contributed by atoms with Gasteiger partial charge in [0.2, 0.25) is 0 Å². The summed E-state index contributed by atoms with van der Waals surface area (Å²) in [6, 6.07) is 0.497. The van der Waals surface area contributed by atoms with Gasteiger partial charge < -0.3 is 14.9 Å². The number of carbonyl (C=O) groups is 2. The maximum Gasteiger partial charge on any atom is 0.320 e. The molecule has 1 aliphatic carbocycles. The molecule has 0 aromatic carbocycles. The van der Waals surface area contributed by atoms with Crippen molar-refractivity contribution in [2.45, 2.75) is 45.6 Å². The van der Waals surface area contributed by atoms with Crippen LogP contribution in [-0.4, -0.2) is 52.6 Å². The van der Waals surface area contributed by atoms with E-state index in [0.717, 1.165) is 19.4 Å². The Hall–Kier alpha value is -1.26. The molecule has 2 rings (SSSR count). The van der Waals surface area contributed by atoms with Gasteiger partial charge in [-0.1, -0.05) is 19.8 Å². The molecule has 2 aliphatic rings. The number of carboxylic acid groups (broad SMARTS) is 1. The van der Waals surface area contributed by atoms with Crippen molar-refractivity contribution in [2.75, 3.05) is 19.6 Å². The summed E-state index contributed by atoms with van der Waals surface area (Å²) in [4.78, 5) is 27.0. The summed E-state index contributed by atoms with van der Waals surface area (Å²) in [5.41, 5.74) is 0. The molecule has 1 atom stereocenters. The van der Waals surface area contributed by atoms with E-state index in [9.17, 15) is 9.59 Å². The summed E-state index contributed by atoms with van der Waals surface area (Å²) in [5.74, 6) is -1.01. The van der Waals surface area contributed by atoms with E-state index in [1.165, 1.54) is 12.8 Å². The first kappa shape index (κ1) is 14.2. The molecule has 0 spiro atoms. The van der Waals surface area contributed by atoms with Gasteiger partial charge in [-0.2, -0.15) is 0 Å². The Bertz CT molecular complexity index is 347. The van der Waals surface area contributed by atoms with Crippen LogP contribution in [0.5, 0.6) is 0 Å². The molecule has 1 aliphatic heterocycles. The first-order valence-electron chi connectivity index (χ1n) is 7.33. The fraction of sp³-hybridized carbons (Fsp3) is 0.857. The Kier molecular flexibility index (Phi) is 4.32. The highest BCUT2D eigenvalue weighted by molar-refractivity contribution is 5.76. The summed E-state index contributed by atoms with van der Waals surface area (Å²) >= 11 is 0. The average molecular weight is 268 g/mol. The van der Waals surface area contributed by atoms with Gasteiger partial charge in [-0.3, -0.25) is 4.79 Å². The van der Waals surface area contributed by atoms with Crippen molar-refractivity contribution in [3.05, 3.63) is 0 Å². The molecule has 5 heteroatoms. The van der Waals surface area contributed by atoms with Crippen LogP contribution in [-0.2, 0) is 4.79 Å². The number of aliphatic carboxylic acids is 1. The quantitative estimate of drug-likeness (QED) is 0.848. The lowest BCUT2D eigenvalue weighted by atomic mass is 9.87. The van der Waals surface area contributed by atoms with Crippen molar-refractivity contribution in [2.24, 2.45) is 11.8 Å². The minimum Gasteiger partial charge on any atom is -0.481 e. The van der Waals surface area contributed by atoms with Crippen molar-refractivity contribution in [1.29, 1.82) is 0 Å². The van der Waals surface area contributed by atoms with E-state index >= 15 is 0 Å². The van der Waals surface area contributed by atoms with Crippen molar-refractivity contribution in [3.63, 3.8) is 0 Å². The van der Waals surface area contributed by atoms with Gasteiger partial charge in [-0.05, 0) is 19.8 Å². The molecule has 1 unspecified atom stereocenters. The molecule has 0 aromatic rings.